The van der Waals surface area contributed by atoms with E-state index in [1.54, 1.807) is 0 Å². The van der Waals surface area contributed by atoms with Crippen molar-refractivity contribution in [3.8, 4) is 0 Å². The van der Waals surface area contributed by atoms with Crippen molar-refractivity contribution in [1.29, 1.82) is 0 Å². The molecule has 143 heavy (non-hydrogen) atoms. The standard InChI is InChI=1S/C79H129N25O39/c1-27(2)56(101-62(125)30(5)87-64(127)36(11-16-47(80)112)90-61(124)29(4)86-60(123)28(3)88-72(135)44(24-105)98-67(130)38(13-18-49(82)114)91-66(129)40(15-20-53(119)120)94-75(138)55(85)32(7)108)76(139)97-42(22-51(84)116)69(132)95-41(21-50(83)115)70(133)100-45(25-106)73(136)96-43(23-54(121)122)71(134)93-37(12-17-48(81)113)65(128)92-39(14-19-52(117)118)68(131)99-46(26-107)74(137)102-58(34(9)110)78(141)103-57(33(8)109)77(140)89-31(6)63(126)104-59(35(10)111)79(142)143/h27-46,55-59,105-111H,11-26,85H2,1-10H3,(H2,80,112)(H2,81,113)(H2,82,114)(H2,83,115)(H2,84,116)(H,86,123)(H,87,127)(H,88,135)(H,89,140)(H,90,124)(H,91,129)(H,92,128)(H,93,134)(H,94,138)(H,95,132)(H,96,136)(H,97,139)(H,98,130)(H,99,131)(H,100,133)(H,101,125)(H,102,137)(H,103,141)(H,104,126)(H,117,118)(H,119,120)(H,121,122)(H,142,143)/t28-,29-,30-,31-,32+,33+,34+,35+,36-,37-,38-,39-,40-,41-,42-,43-,44-,45-,46-,55-,56-,57-,58-,59-/m0/s1. The molecule has 0 aliphatic rings. The molecule has 0 radical (unpaired) electrons. The Kier molecular flexibility index (Phi) is 56.1. The lowest BCUT2D eigenvalue weighted by molar-refractivity contribution is -0.145. The highest BCUT2D eigenvalue weighted by atomic mass is 16.4. The first-order valence-electron chi connectivity index (χ1n) is 43.6. The smallest absolute Gasteiger partial charge is 0.328 e. The Labute approximate surface area is 812 Å². The molecule has 0 heterocycles. The molecule has 0 fully saturated rings. The van der Waals surface area contributed by atoms with Crippen LogP contribution in [0.2, 0.25) is 0 Å². The molecule has 42 N–H and O–H groups in total. The lowest BCUT2D eigenvalue weighted by Crippen LogP contribution is -2.63. The summed E-state index contributed by atoms with van der Waals surface area (Å²) in [6.07, 6.45) is -18.1. The second-order valence-electron chi connectivity index (χ2n) is 33.0. The molecule has 0 aliphatic carbocycles. The van der Waals surface area contributed by atoms with Crippen LogP contribution >= 0.6 is 0 Å². The number of hydrogen-bond donors (Lipinski definition) is 36. The molecule has 0 aromatic rings. The van der Waals surface area contributed by atoms with Crippen LogP contribution in [0.1, 0.15) is 153 Å². The third-order valence-electron chi connectivity index (χ3n) is 20.3. The third-order valence-corrected chi connectivity index (χ3v) is 20.3. The number of aliphatic hydroxyl groups excluding tert-OH is 7. The largest absolute Gasteiger partial charge is 0.481 e. The average Bonchev–Trinajstić information content (AvgIpc) is 0.846. The number of aliphatic hydroxyl groups is 7. The van der Waals surface area contributed by atoms with E-state index in [-0.39, 0.29) is 0 Å². The van der Waals surface area contributed by atoms with Gasteiger partial charge in [0.15, 0.2) is 6.04 Å². The van der Waals surface area contributed by atoms with Crippen LogP contribution in [0.3, 0.4) is 0 Å². The number of carbonyl (C=O) groups is 28. The molecule has 64 nitrogen and oxygen atoms in total. The summed E-state index contributed by atoms with van der Waals surface area (Å²) in [6, 6.07) is -39.0. The molecular formula is C79H129N25O39. The van der Waals surface area contributed by atoms with Crippen molar-refractivity contribution in [3.05, 3.63) is 0 Å². The van der Waals surface area contributed by atoms with Crippen molar-refractivity contribution in [3.63, 3.8) is 0 Å². The van der Waals surface area contributed by atoms with E-state index in [9.17, 15) is 190 Å². The number of hydrogen-bond acceptors (Lipinski definition) is 36. The summed E-state index contributed by atoms with van der Waals surface area (Å²) in [5.74, 6) is -39.7. The number of carboxylic acids is 4. The highest BCUT2D eigenvalue weighted by Crippen LogP contribution is 2.13. The summed E-state index contributed by atoms with van der Waals surface area (Å²) >= 11 is 0. The fraction of sp³-hybridized carbons (Fsp3) is 0.646. The minimum absolute atomic E-state index is 0.585. The van der Waals surface area contributed by atoms with Crippen LogP contribution in [0.5, 0.6) is 0 Å². The quantitative estimate of drug-likeness (QED) is 0.0269. The molecular weight excluding hydrogens is 1920 g/mol. The van der Waals surface area contributed by atoms with E-state index in [2.05, 4.69) is 53.2 Å². The van der Waals surface area contributed by atoms with Crippen LogP contribution in [0, 0.1) is 5.92 Å². The summed E-state index contributed by atoms with van der Waals surface area (Å²) in [5, 5.41) is 149. The summed E-state index contributed by atoms with van der Waals surface area (Å²) in [5.41, 5.74) is 32.3. The van der Waals surface area contributed by atoms with Gasteiger partial charge < -0.3 is 192 Å². The van der Waals surface area contributed by atoms with Crippen LogP contribution in [0.25, 0.3) is 0 Å². The summed E-state index contributed by atoms with van der Waals surface area (Å²) in [4.78, 5) is 367. The molecule has 0 unspecified atom stereocenters. The van der Waals surface area contributed by atoms with E-state index in [1.807, 2.05) is 47.9 Å². The number of carboxylic acid groups (broad SMARTS) is 4. The van der Waals surface area contributed by atoms with Crippen molar-refractivity contribution in [2.75, 3.05) is 19.8 Å². The van der Waals surface area contributed by atoms with Gasteiger partial charge in [0.2, 0.25) is 142 Å². The maximum atomic E-state index is 14.1. The summed E-state index contributed by atoms with van der Waals surface area (Å²) < 4.78 is 0. The van der Waals surface area contributed by atoms with E-state index in [4.69, 9.17) is 34.4 Å². The second kappa shape index (κ2) is 62.8. The Morgan fingerprint density at radius 3 is 0.699 bits per heavy atom. The van der Waals surface area contributed by atoms with E-state index in [0.29, 0.717) is 0 Å². The number of nitrogens with two attached hydrogens (primary N) is 6. The average molecular weight is 2050 g/mol. The highest BCUT2D eigenvalue weighted by molar-refractivity contribution is 6.04. The zero-order valence-electron chi connectivity index (χ0n) is 79.1. The first-order chi connectivity index (χ1) is 66.2. The van der Waals surface area contributed by atoms with Gasteiger partial charge in [0.05, 0.1) is 63.5 Å². The zero-order valence-corrected chi connectivity index (χ0v) is 79.1. The van der Waals surface area contributed by atoms with E-state index in [0.717, 1.165) is 55.4 Å². The predicted molar refractivity (Wildman–Crippen MR) is 477 cm³/mol. The van der Waals surface area contributed by atoms with Gasteiger partial charge >= 0.3 is 23.9 Å². The number of amides is 24. The van der Waals surface area contributed by atoms with Gasteiger partial charge in [0.25, 0.3) is 0 Å². The number of aliphatic carboxylic acids is 4. The van der Waals surface area contributed by atoms with Crippen LogP contribution in [-0.4, -0.2) is 387 Å². The van der Waals surface area contributed by atoms with Gasteiger partial charge in [-0.05, 0) is 93.4 Å². The predicted octanol–water partition coefficient (Wildman–Crippen LogP) is -20.4. The molecule has 0 bridgehead atoms. The molecule has 0 saturated carbocycles. The molecule has 64 heteroatoms. The van der Waals surface area contributed by atoms with Gasteiger partial charge in [0.1, 0.15) is 115 Å². The lowest BCUT2D eigenvalue weighted by Gasteiger charge is -2.29. The number of carbonyl (C=O) groups excluding carboxylic acids is 24. The van der Waals surface area contributed by atoms with E-state index >= 15 is 0 Å². The Morgan fingerprint density at radius 2 is 0.413 bits per heavy atom. The number of primary amides is 5. The van der Waals surface area contributed by atoms with Crippen LogP contribution < -0.4 is 135 Å². The fourth-order valence-electron chi connectivity index (χ4n) is 12.1. The van der Waals surface area contributed by atoms with Crippen molar-refractivity contribution in [2.24, 2.45) is 40.3 Å². The van der Waals surface area contributed by atoms with Crippen molar-refractivity contribution in [2.45, 2.75) is 298 Å². The molecule has 0 aromatic heterocycles. The van der Waals surface area contributed by atoms with Crippen molar-refractivity contribution in [1.82, 2.24) is 101 Å². The zero-order chi connectivity index (χ0) is 110. The minimum Gasteiger partial charge on any atom is -0.481 e. The fourth-order valence-corrected chi connectivity index (χ4v) is 12.1. The first kappa shape index (κ1) is 128. The number of rotatable bonds is 68. The topological polar surface area (TPSA) is 1090 Å². The molecule has 804 valence electrons. The maximum absolute atomic E-state index is 14.1. The maximum Gasteiger partial charge on any atom is 0.328 e. The van der Waals surface area contributed by atoms with E-state index < -0.39 is 420 Å². The van der Waals surface area contributed by atoms with Gasteiger partial charge in [-0.25, -0.2) is 4.79 Å². The van der Waals surface area contributed by atoms with Gasteiger partial charge in [-0.3, -0.25) is 129 Å². The second-order valence-corrected chi connectivity index (χ2v) is 33.0. The van der Waals surface area contributed by atoms with Crippen molar-refractivity contribution >= 4 is 166 Å². The van der Waals surface area contributed by atoms with E-state index in [1.165, 1.54) is 13.8 Å². The minimum atomic E-state index is -2.41. The van der Waals surface area contributed by atoms with Crippen LogP contribution in [0.15, 0.2) is 0 Å². The highest BCUT2D eigenvalue weighted by Gasteiger charge is 2.42. The molecule has 0 aromatic carbocycles. The van der Waals surface area contributed by atoms with Crippen molar-refractivity contribution < 1.29 is 190 Å². The molecule has 24 atom stereocenters. The third kappa shape index (κ3) is 47.6. The first-order valence-corrected chi connectivity index (χ1v) is 43.6. The van der Waals surface area contributed by atoms with Gasteiger partial charge in [-0.1, -0.05) is 13.8 Å². The monoisotopic (exact) mass is 2050 g/mol. The Hall–Kier alpha value is -15.2. The Balaban J connectivity index is 6.79. The van der Waals surface area contributed by atoms with Gasteiger partial charge in [-0.15, -0.1) is 0 Å². The lowest BCUT2D eigenvalue weighted by atomic mass is 10.0. The molecule has 24 amide bonds. The SMILES string of the molecule is CC(C)[C@H](NC(=O)[C@H](C)NC(=O)[C@H](CCC(N)=O)NC(=O)[C@H](C)NC(=O)[C@H](C)NC(=O)[C@H](CO)NC(=O)[C@H](CCC(N)=O)NC(=O)[C@H](CCC(=O)O)NC(=O)[C@@H](N)[C@@H](C)O)C(=O)N[C@@H](CC(N)=O)C(=O)N[C@@H](CC(N)=O)C(=O)N[C@@H](CO)C(=O)N[C@@H](CC(=O)O)C(=O)N[C@@H](CCC(N)=O)C(=O)N[C@@H](CCC(=O)O)C(=O)N[C@@H](CO)C(=O)N[C@H](C(=O)N[C@H](C(=O)N[C@@H](C)C(=O)N[C@H](C(=O)O)[C@@H](C)O)[C@@H](C)O)[C@@H](C)O. The number of nitrogens with one attached hydrogen (secondary N) is 19. The van der Waals surface area contributed by atoms with Crippen LogP contribution in [0.4, 0.5) is 0 Å². The Morgan fingerprint density at radius 1 is 0.210 bits per heavy atom. The molecule has 0 aliphatic heterocycles. The van der Waals surface area contributed by atoms with Gasteiger partial charge in [0, 0.05) is 32.1 Å². The molecule has 0 saturated heterocycles. The molecule has 0 spiro atoms. The Bertz CT molecular complexity index is 4600. The van der Waals surface area contributed by atoms with Gasteiger partial charge in [-0.2, -0.15) is 0 Å². The summed E-state index contributed by atoms with van der Waals surface area (Å²) in [6.45, 7) is 6.77. The van der Waals surface area contributed by atoms with Crippen LogP contribution in [-0.2, 0) is 134 Å². The molecule has 0 rings (SSSR count). The summed E-state index contributed by atoms with van der Waals surface area (Å²) in [7, 11) is 0. The normalized spacial score (nSPS) is 16.1.